The van der Waals surface area contributed by atoms with Gasteiger partial charge in [-0.1, -0.05) is 98.3 Å². The Balaban J connectivity index is 1.53. The minimum absolute atomic E-state index is 0.0549. The molecule has 9 atom stereocenters. The van der Waals surface area contributed by atoms with E-state index in [1.807, 2.05) is 44.2 Å². The number of benzene rings is 2. The predicted molar refractivity (Wildman–Crippen MR) is 252 cm³/mol. The zero-order valence-electron chi connectivity index (χ0n) is 40.5. The molecule has 0 spiro atoms. The summed E-state index contributed by atoms with van der Waals surface area (Å²) in [5.41, 5.74) is 1.07. The van der Waals surface area contributed by atoms with E-state index in [2.05, 4.69) is 37.9 Å². The van der Waals surface area contributed by atoms with Gasteiger partial charge < -0.3 is 43.0 Å². The van der Waals surface area contributed by atoms with Gasteiger partial charge in [0.05, 0.1) is 49.4 Å². The Kier molecular flexibility index (Phi) is 25.7. The zero-order chi connectivity index (χ0) is 45.9. The van der Waals surface area contributed by atoms with Gasteiger partial charge in [-0.2, -0.15) is 5.11 Å². The summed E-state index contributed by atoms with van der Waals surface area (Å²) in [4.78, 5) is 12.7. The zero-order valence-corrected chi connectivity index (χ0v) is 40.5. The Morgan fingerprint density at radius 2 is 1.36 bits per heavy atom. The first-order valence-electron chi connectivity index (χ1n) is 25.2. The molecule has 0 saturated carbocycles. The lowest BCUT2D eigenvalue weighted by atomic mass is 9.96. The number of rotatable bonds is 32. The third kappa shape index (κ3) is 20.1. The number of carbonyl (C=O) groups is 1. The van der Waals surface area contributed by atoms with E-state index in [9.17, 15) is 9.90 Å². The molecule has 362 valence electrons. The number of esters is 1. The van der Waals surface area contributed by atoms with Crippen molar-refractivity contribution in [2.75, 3.05) is 13.2 Å². The van der Waals surface area contributed by atoms with Gasteiger partial charge in [-0.25, -0.2) is 4.79 Å². The first kappa shape index (κ1) is 53.3. The summed E-state index contributed by atoms with van der Waals surface area (Å²) in [7, 11) is 0. The van der Waals surface area contributed by atoms with Crippen LogP contribution in [-0.2, 0) is 28.5 Å². The molecule has 1 N–H and O–H groups in total. The van der Waals surface area contributed by atoms with Crippen LogP contribution in [0.1, 0.15) is 183 Å². The third-order valence-corrected chi connectivity index (χ3v) is 12.0. The number of nitrogens with zero attached hydrogens (tertiary/aromatic N) is 2. The van der Waals surface area contributed by atoms with Crippen LogP contribution in [-0.4, -0.2) is 79.6 Å². The molecule has 2 aromatic rings. The maximum atomic E-state index is 12.7. The lowest BCUT2D eigenvalue weighted by Crippen LogP contribution is -2.47. The highest BCUT2D eigenvalue weighted by molar-refractivity contribution is 5.74. The van der Waals surface area contributed by atoms with Crippen LogP contribution >= 0.6 is 0 Å². The van der Waals surface area contributed by atoms with Gasteiger partial charge in [0.15, 0.2) is 18.7 Å². The van der Waals surface area contributed by atoms with Crippen LogP contribution in [0, 0.1) is 0 Å². The molecule has 64 heavy (non-hydrogen) atoms. The fourth-order valence-corrected chi connectivity index (χ4v) is 8.34. The number of carbonyl (C=O) groups excluding carboxylic acids is 1. The number of hydrogen-bond acceptors (Lipinski definition) is 12. The maximum absolute atomic E-state index is 12.7. The molecule has 12 heteroatoms. The molecule has 2 saturated heterocycles. The normalized spacial score (nSPS) is 22.8. The Bertz CT molecular complexity index is 1580. The Morgan fingerprint density at radius 1 is 0.719 bits per heavy atom. The average Bonchev–Trinajstić information content (AvgIpc) is 3.28. The van der Waals surface area contributed by atoms with Crippen molar-refractivity contribution in [2.45, 2.75) is 239 Å². The smallest absolute Gasteiger partial charge is 0.347 e. The van der Waals surface area contributed by atoms with Gasteiger partial charge in [-0.15, -0.1) is 5.11 Å². The van der Waals surface area contributed by atoms with Crippen LogP contribution in [0.2, 0.25) is 0 Å². The van der Waals surface area contributed by atoms with E-state index in [4.69, 9.17) is 37.9 Å². The Morgan fingerprint density at radius 3 is 2.05 bits per heavy atom. The van der Waals surface area contributed by atoms with Crippen molar-refractivity contribution in [3.8, 4) is 17.2 Å². The molecule has 12 nitrogen and oxygen atoms in total. The molecule has 4 rings (SSSR count). The van der Waals surface area contributed by atoms with Crippen molar-refractivity contribution in [3.63, 3.8) is 0 Å². The van der Waals surface area contributed by atoms with Gasteiger partial charge in [0.25, 0.3) is 0 Å². The number of aliphatic hydroxyl groups is 1. The van der Waals surface area contributed by atoms with Crippen molar-refractivity contribution in [3.05, 3.63) is 42.5 Å². The highest BCUT2D eigenvalue weighted by Crippen LogP contribution is 2.38. The quantitative estimate of drug-likeness (QED) is 0.0429. The molecule has 0 radical (unpaired) electrons. The minimum Gasteiger partial charge on any atom is -0.494 e. The molecule has 2 aliphatic heterocycles. The second-order valence-corrected chi connectivity index (χ2v) is 17.8. The molecule has 0 bridgehead atoms. The topological polar surface area (TPSA) is 136 Å². The van der Waals surface area contributed by atoms with Gasteiger partial charge in [0.1, 0.15) is 29.0 Å². The summed E-state index contributed by atoms with van der Waals surface area (Å²) in [5, 5.41) is 20.8. The second kappa shape index (κ2) is 30.8. The molecular weight excluding hydrogens is 813 g/mol. The fourth-order valence-electron chi connectivity index (χ4n) is 8.34. The van der Waals surface area contributed by atoms with E-state index in [0.717, 1.165) is 63.5 Å². The summed E-state index contributed by atoms with van der Waals surface area (Å²) in [6, 6.07) is 12.7. The van der Waals surface area contributed by atoms with Crippen molar-refractivity contribution in [1.82, 2.24) is 0 Å². The number of ether oxygens (including phenoxy) is 8. The maximum Gasteiger partial charge on any atom is 0.347 e. The molecular formula is C52H84N2O10. The van der Waals surface area contributed by atoms with Gasteiger partial charge in [-0.05, 0) is 115 Å². The fraction of sp³-hybridized carbons (Fsp3) is 0.750. The first-order chi connectivity index (χ1) is 31.1. The van der Waals surface area contributed by atoms with Crippen LogP contribution in [0.4, 0.5) is 11.4 Å². The summed E-state index contributed by atoms with van der Waals surface area (Å²) in [6.07, 6.45) is 17.6. The molecule has 0 aliphatic carbocycles. The van der Waals surface area contributed by atoms with Crippen LogP contribution in [0.25, 0.3) is 0 Å². The van der Waals surface area contributed by atoms with Crippen LogP contribution in [0.15, 0.2) is 52.7 Å². The predicted octanol–water partition coefficient (Wildman–Crippen LogP) is 13.4. The molecule has 2 fully saturated rings. The van der Waals surface area contributed by atoms with E-state index < -0.39 is 30.6 Å². The number of aliphatic hydroxyl groups excluding tert-OH is 1. The largest absolute Gasteiger partial charge is 0.494 e. The van der Waals surface area contributed by atoms with Crippen LogP contribution in [0.3, 0.4) is 0 Å². The average molecular weight is 897 g/mol. The molecule has 2 aromatic carbocycles. The van der Waals surface area contributed by atoms with Crippen molar-refractivity contribution in [1.29, 1.82) is 0 Å². The van der Waals surface area contributed by atoms with Crippen molar-refractivity contribution < 1.29 is 47.8 Å². The monoisotopic (exact) mass is 897 g/mol. The molecule has 9 unspecified atom stereocenters. The summed E-state index contributed by atoms with van der Waals surface area (Å²) in [6.45, 7) is 15.3. The van der Waals surface area contributed by atoms with Crippen molar-refractivity contribution in [2.24, 2.45) is 10.2 Å². The Labute approximate surface area is 385 Å². The van der Waals surface area contributed by atoms with Crippen LogP contribution < -0.4 is 14.2 Å². The lowest BCUT2D eigenvalue weighted by Gasteiger charge is -2.40. The van der Waals surface area contributed by atoms with Crippen molar-refractivity contribution >= 4 is 17.3 Å². The van der Waals surface area contributed by atoms with Gasteiger partial charge >= 0.3 is 5.97 Å². The number of unbranched alkanes of at least 4 members (excludes halogenated alkanes) is 11. The summed E-state index contributed by atoms with van der Waals surface area (Å²) >= 11 is 0. The molecule has 2 aliphatic rings. The van der Waals surface area contributed by atoms with Gasteiger partial charge in [0.2, 0.25) is 0 Å². The first-order valence-corrected chi connectivity index (χ1v) is 25.2. The number of hydrogen-bond donors (Lipinski definition) is 1. The number of azo groups is 1. The molecule has 0 amide bonds. The molecule has 2 heterocycles. The van der Waals surface area contributed by atoms with E-state index in [-0.39, 0.29) is 30.7 Å². The SMILES string of the molecule is CCCCCCCCCC(Oc1ccc(OC(C)C(=O)OCCCC)cc1/N=N/c1ccc(OCC)cc1)C1OC(CC)CC(CC(O)CC2CC(C)OC(CCCCCCC)O2)O1. The van der Waals surface area contributed by atoms with E-state index in [1.165, 1.54) is 51.4 Å². The van der Waals surface area contributed by atoms with E-state index in [0.29, 0.717) is 61.8 Å². The lowest BCUT2D eigenvalue weighted by molar-refractivity contribution is -0.277. The van der Waals surface area contributed by atoms with E-state index in [1.54, 1.807) is 19.1 Å². The third-order valence-electron chi connectivity index (χ3n) is 12.0. The van der Waals surface area contributed by atoms with E-state index >= 15 is 0 Å². The molecule has 0 aromatic heterocycles. The van der Waals surface area contributed by atoms with Gasteiger partial charge in [0, 0.05) is 12.5 Å². The Hall–Kier alpha value is -3.29. The van der Waals surface area contributed by atoms with Crippen LogP contribution in [0.5, 0.6) is 17.2 Å². The highest BCUT2D eigenvalue weighted by atomic mass is 16.7. The van der Waals surface area contributed by atoms with Gasteiger partial charge in [-0.3, -0.25) is 0 Å². The summed E-state index contributed by atoms with van der Waals surface area (Å²) in [5.74, 6) is 1.25. The standard InChI is InChI=1S/C52H84N2O10/c1-8-13-16-18-19-21-22-24-49(52-62-42(11-4)36-46(63-52)35-41(55)34-45-33-38(6)59-50(61-45)25-23-20-17-14-9-2)64-48-31-30-44(60-39(7)51(56)58-32-15-10-3)37-47(48)54-53-40-26-28-43(29-27-40)57-12-5/h26-31,37-39,41-42,45-46,49-50,52,55H,8-25,32-36H2,1-7H3/b54-53+. The summed E-state index contributed by atoms with van der Waals surface area (Å²) < 4.78 is 50.0. The minimum atomic E-state index is -0.824. The highest BCUT2D eigenvalue weighted by Gasteiger charge is 2.38. The second-order valence-electron chi connectivity index (χ2n) is 17.8.